The minimum absolute atomic E-state index is 0.0516. The van der Waals surface area contributed by atoms with Crippen molar-refractivity contribution in [3.8, 4) is 0 Å². The van der Waals surface area contributed by atoms with Gasteiger partial charge in [0.2, 0.25) is 0 Å². The molecule has 0 aromatic heterocycles. The molecule has 1 aromatic carbocycles. The summed E-state index contributed by atoms with van der Waals surface area (Å²) in [6, 6.07) is 5.08. The summed E-state index contributed by atoms with van der Waals surface area (Å²) in [5.41, 5.74) is 1.09. The van der Waals surface area contributed by atoms with Crippen LogP contribution in [0.15, 0.2) is 35.6 Å². The lowest BCUT2D eigenvalue weighted by Crippen LogP contribution is -2.15. The summed E-state index contributed by atoms with van der Waals surface area (Å²) in [7, 11) is 2.59. The first-order valence-electron chi connectivity index (χ1n) is 7.12. The van der Waals surface area contributed by atoms with Crippen LogP contribution in [-0.4, -0.2) is 32.3 Å². The van der Waals surface area contributed by atoms with Gasteiger partial charge in [-0.2, -0.15) is 0 Å². The van der Waals surface area contributed by atoms with Crippen molar-refractivity contribution in [2.24, 2.45) is 0 Å². The second kappa shape index (κ2) is 8.22. The number of ether oxygens (including phenoxy) is 3. The van der Waals surface area contributed by atoms with Crippen LogP contribution in [0.25, 0.3) is 6.08 Å². The summed E-state index contributed by atoms with van der Waals surface area (Å²) in [6.07, 6.45) is 3.19. The molecule has 1 aliphatic heterocycles. The molecular formula is C17H16Cl2O5. The Morgan fingerprint density at radius 1 is 1.25 bits per heavy atom. The molecule has 0 spiro atoms. The average Bonchev–Trinajstić information content (AvgIpc) is 2.95. The van der Waals surface area contributed by atoms with Crippen molar-refractivity contribution in [2.45, 2.75) is 18.9 Å². The number of methoxy groups -OCH3 is 2. The Morgan fingerprint density at radius 2 is 2.00 bits per heavy atom. The Labute approximate surface area is 149 Å². The van der Waals surface area contributed by atoms with Crippen LogP contribution in [0.2, 0.25) is 10.0 Å². The van der Waals surface area contributed by atoms with Gasteiger partial charge in [-0.05, 0) is 29.8 Å². The minimum atomic E-state index is -0.496. The monoisotopic (exact) mass is 370 g/mol. The molecule has 0 radical (unpaired) electrons. The van der Waals surface area contributed by atoms with E-state index in [1.54, 1.807) is 30.4 Å². The summed E-state index contributed by atoms with van der Waals surface area (Å²) in [4.78, 5) is 23.3. The standard InChI is InChI=1S/C17H16Cl2O5/c1-22-16(20)9-12-8-13(17(21)23-2)15(24-12)6-4-10-3-5-11(18)7-14(10)19/h3-7,12H,8-9H2,1-2H3/b6-4+. The summed E-state index contributed by atoms with van der Waals surface area (Å²) in [5.74, 6) is -0.554. The molecule has 24 heavy (non-hydrogen) atoms. The number of hydrogen-bond acceptors (Lipinski definition) is 5. The number of allylic oxidation sites excluding steroid dienone is 1. The molecule has 7 heteroatoms. The van der Waals surface area contributed by atoms with Crippen LogP contribution < -0.4 is 0 Å². The summed E-state index contributed by atoms with van der Waals surface area (Å²) >= 11 is 12.0. The number of halogens is 2. The van der Waals surface area contributed by atoms with Gasteiger partial charge in [0, 0.05) is 16.5 Å². The Kier molecular flexibility index (Phi) is 6.29. The Balaban J connectivity index is 2.21. The van der Waals surface area contributed by atoms with Crippen LogP contribution in [-0.2, 0) is 23.8 Å². The molecule has 1 aromatic rings. The number of hydrogen-bond donors (Lipinski definition) is 0. The van der Waals surface area contributed by atoms with Crippen molar-refractivity contribution in [1.82, 2.24) is 0 Å². The molecule has 5 nitrogen and oxygen atoms in total. The predicted octanol–water partition coefficient (Wildman–Crippen LogP) is 3.79. The topological polar surface area (TPSA) is 61.8 Å². The zero-order valence-electron chi connectivity index (χ0n) is 13.2. The van der Waals surface area contributed by atoms with E-state index in [-0.39, 0.29) is 12.8 Å². The first kappa shape index (κ1) is 18.4. The molecule has 1 heterocycles. The average molecular weight is 371 g/mol. The maximum absolute atomic E-state index is 11.9. The Hall–Kier alpha value is -1.98. The first-order valence-corrected chi connectivity index (χ1v) is 7.88. The van der Waals surface area contributed by atoms with Crippen molar-refractivity contribution in [1.29, 1.82) is 0 Å². The van der Waals surface area contributed by atoms with E-state index in [0.717, 1.165) is 5.56 Å². The highest BCUT2D eigenvalue weighted by atomic mass is 35.5. The number of rotatable bonds is 5. The highest BCUT2D eigenvalue weighted by Crippen LogP contribution is 2.30. The SMILES string of the molecule is COC(=O)CC1CC(C(=O)OC)=C(/C=C/c2ccc(Cl)cc2Cl)O1. The zero-order chi connectivity index (χ0) is 17.7. The Bertz CT molecular complexity index is 709. The first-order chi connectivity index (χ1) is 11.4. The van der Waals surface area contributed by atoms with E-state index in [2.05, 4.69) is 4.74 Å². The van der Waals surface area contributed by atoms with E-state index < -0.39 is 18.0 Å². The van der Waals surface area contributed by atoms with Gasteiger partial charge in [0.25, 0.3) is 0 Å². The molecule has 1 atom stereocenters. The molecule has 0 saturated carbocycles. The molecule has 1 aliphatic rings. The van der Waals surface area contributed by atoms with Crippen molar-refractivity contribution >= 4 is 41.2 Å². The van der Waals surface area contributed by atoms with E-state index in [1.165, 1.54) is 14.2 Å². The van der Waals surface area contributed by atoms with E-state index in [1.807, 2.05) is 0 Å². The van der Waals surface area contributed by atoms with Crippen molar-refractivity contribution in [3.63, 3.8) is 0 Å². The molecular weight excluding hydrogens is 355 g/mol. The second-order valence-corrected chi connectivity index (χ2v) is 5.90. The van der Waals surface area contributed by atoms with Crippen LogP contribution in [0.1, 0.15) is 18.4 Å². The summed E-state index contributed by atoms with van der Waals surface area (Å²) < 4.78 is 15.1. The van der Waals surface area contributed by atoms with Gasteiger partial charge in [0.15, 0.2) is 0 Å². The van der Waals surface area contributed by atoms with Gasteiger partial charge in [0.05, 0.1) is 26.2 Å². The smallest absolute Gasteiger partial charge is 0.337 e. The highest BCUT2D eigenvalue weighted by molar-refractivity contribution is 6.35. The van der Waals surface area contributed by atoms with E-state index >= 15 is 0 Å². The molecule has 0 saturated heterocycles. The van der Waals surface area contributed by atoms with Gasteiger partial charge in [-0.25, -0.2) is 4.79 Å². The van der Waals surface area contributed by atoms with E-state index in [4.69, 9.17) is 32.7 Å². The van der Waals surface area contributed by atoms with Crippen molar-refractivity contribution < 1.29 is 23.8 Å². The third-order valence-electron chi connectivity index (χ3n) is 3.45. The van der Waals surface area contributed by atoms with Gasteiger partial charge in [-0.15, -0.1) is 0 Å². The lowest BCUT2D eigenvalue weighted by atomic mass is 10.1. The maximum Gasteiger partial charge on any atom is 0.337 e. The molecule has 0 N–H and O–H groups in total. The lowest BCUT2D eigenvalue weighted by molar-refractivity contribution is -0.143. The number of esters is 2. The fourth-order valence-electron chi connectivity index (χ4n) is 2.25. The van der Waals surface area contributed by atoms with Gasteiger partial charge >= 0.3 is 11.9 Å². The molecule has 0 amide bonds. The quantitative estimate of drug-likeness (QED) is 0.737. The third-order valence-corrected chi connectivity index (χ3v) is 4.02. The second-order valence-electron chi connectivity index (χ2n) is 5.06. The largest absolute Gasteiger partial charge is 0.489 e. The van der Waals surface area contributed by atoms with Crippen LogP contribution in [0.3, 0.4) is 0 Å². The minimum Gasteiger partial charge on any atom is -0.489 e. The summed E-state index contributed by atoms with van der Waals surface area (Å²) in [5, 5.41) is 1.00. The molecule has 0 aliphatic carbocycles. The highest BCUT2D eigenvalue weighted by Gasteiger charge is 2.31. The predicted molar refractivity (Wildman–Crippen MR) is 90.7 cm³/mol. The third kappa shape index (κ3) is 4.52. The number of carbonyl (C=O) groups is 2. The van der Waals surface area contributed by atoms with Gasteiger partial charge in [-0.1, -0.05) is 29.3 Å². The molecule has 1 unspecified atom stereocenters. The summed E-state index contributed by atoms with van der Waals surface area (Å²) in [6.45, 7) is 0. The number of carbonyl (C=O) groups excluding carboxylic acids is 2. The van der Waals surface area contributed by atoms with Crippen molar-refractivity contribution in [3.05, 3.63) is 51.2 Å². The van der Waals surface area contributed by atoms with Crippen LogP contribution in [0.5, 0.6) is 0 Å². The lowest BCUT2D eigenvalue weighted by Gasteiger charge is -2.09. The molecule has 2 rings (SSSR count). The maximum atomic E-state index is 11.9. The fourth-order valence-corrected chi connectivity index (χ4v) is 2.72. The number of benzene rings is 1. The van der Waals surface area contributed by atoms with E-state index in [9.17, 15) is 9.59 Å². The zero-order valence-corrected chi connectivity index (χ0v) is 14.7. The van der Waals surface area contributed by atoms with Crippen LogP contribution in [0.4, 0.5) is 0 Å². The normalized spacial score (nSPS) is 17.1. The Morgan fingerprint density at radius 3 is 2.62 bits per heavy atom. The van der Waals surface area contributed by atoms with Gasteiger partial charge in [-0.3, -0.25) is 4.79 Å². The van der Waals surface area contributed by atoms with Gasteiger partial charge in [0.1, 0.15) is 11.9 Å². The van der Waals surface area contributed by atoms with Crippen LogP contribution >= 0.6 is 23.2 Å². The van der Waals surface area contributed by atoms with E-state index in [0.29, 0.717) is 21.4 Å². The fraction of sp³-hybridized carbons (Fsp3) is 0.294. The van der Waals surface area contributed by atoms with Crippen molar-refractivity contribution in [2.75, 3.05) is 14.2 Å². The molecule has 0 bridgehead atoms. The van der Waals surface area contributed by atoms with Crippen LogP contribution in [0, 0.1) is 0 Å². The molecule has 0 fully saturated rings. The van der Waals surface area contributed by atoms with Gasteiger partial charge < -0.3 is 14.2 Å². The molecule has 128 valence electrons.